The molecule has 0 N–H and O–H groups in total. The fourth-order valence-corrected chi connectivity index (χ4v) is 1.86. The average molecular weight is 310 g/mol. The summed E-state index contributed by atoms with van der Waals surface area (Å²) in [6.07, 6.45) is 6.03. The summed E-state index contributed by atoms with van der Waals surface area (Å²) in [6.45, 7) is 3.90. The van der Waals surface area contributed by atoms with Gasteiger partial charge in [-0.25, -0.2) is 0 Å². The zero-order chi connectivity index (χ0) is 10.6. The number of hydrogen-bond donors (Lipinski definition) is 0. The maximum atomic E-state index is 11.7. The Morgan fingerprint density at radius 1 is 1.36 bits per heavy atom. The Hall–Kier alpha value is 0.200. The minimum absolute atomic E-state index is 0.0289. The monoisotopic (exact) mass is 310 g/mol. The van der Waals surface area contributed by atoms with E-state index in [1.165, 1.54) is 19.3 Å². The van der Waals surface area contributed by atoms with Gasteiger partial charge in [-0.15, -0.1) is 0 Å². The van der Waals surface area contributed by atoms with Crippen molar-refractivity contribution in [3.63, 3.8) is 0 Å². The Morgan fingerprint density at radius 2 is 1.93 bits per heavy atom. The number of halogens is 1. The molecule has 0 aliphatic heterocycles. The van der Waals surface area contributed by atoms with Crippen LogP contribution in [0.5, 0.6) is 0 Å². The molecule has 14 heavy (non-hydrogen) atoms. The molecule has 0 atom stereocenters. The lowest BCUT2D eigenvalue weighted by atomic mass is 9.95. The fraction of sp³-hybridized carbons (Fsp3) is 0.909. The molecular formula is C11H19IO2. The van der Waals surface area contributed by atoms with Crippen LogP contribution in [0, 0.1) is 5.41 Å². The predicted molar refractivity (Wildman–Crippen MR) is 65.6 cm³/mol. The molecule has 0 heterocycles. The number of ether oxygens (including phenoxy) is 1. The van der Waals surface area contributed by atoms with Gasteiger partial charge in [0.1, 0.15) is 6.10 Å². The molecule has 0 saturated heterocycles. The van der Waals surface area contributed by atoms with Gasteiger partial charge in [0.05, 0.1) is 5.41 Å². The number of alkyl halides is 1. The van der Waals surface area contributed by atoms with Crippen LogP contribution in [0.4, 0.5) is 0 Å². The summed E-state index contributed by atoms with van der Waals surface area (Å²) in [5.74, 6) is -0.0289. The zero-order valence-corrected chi connectivity index (χ0v) is 11.2. The van der Waals surface area contributed by atoms with Crippen LogP contribution in [-0.2, 0) is 9.53 Å². The fourth-order valence-electron chi connectivity index (χ4n) is 1.55. The molecule has 0 bridgehead atoms. The summed E-state index contributed by atoms with van der Waals surface area (Å²) >= 11 is 2.24. The highest BCUT2D eigenvalue weighted by atomic mass is 127. The minimum atomic E-state index is -0.321. The molecule has 1 aliphatic rings. The number of carbonyl (C=O) groups is 1. The SMILES string of the molecule is CC(C)(CI)C(=O)OC1CCCCC1. The van der Waals surface area contributed by atoms with Crippen LogP contribution >= 0.6 is 22.6 Å². The Morgan fingerprint density at radius 3 is 2.43 bits per heavy atom. The largest absolute Gasteiger partial charge is 0.462 e. The molecule has 1 fully saturated rings. The highest BCUT2D eigenvalue weighted by Gasteiger charge is 2.30. The molecule has 1 rings (SSSR count). The van der Waals surface area contributed by atoms with Crippen LogP contribution in [0.25, 0.3) is 0 Å². The zero-order valence-electron chi connectivity index (χ0n) is 9.01. The van der Waals surface area contributed by atoms with Crippen molar-refractivity contribution in [1.29, 1.82) is 0 Å². The maximum Gasteiger partial charge on any atom is 0.312 e. The summed E-state index contributed by atoms with van der Waals surface area (Å²) < 4.78 is 6.32. The average Bonchev–Trinajstić information content (AvgIpc) is 2.19. The molecule has 0 unspecified atom stereocenters. The van der Waals surface area contributed by atoms with Gasteiger partial charge in [0.25, 0.3) is 0 Å². The van der Waals surface area contributed by atoms with Crippen LogP contribution in [-0.4, -0.2) is 16.5 Å². The first kappa shape index (κ1) is 12.3. The van der Waals surface area contributed by atoms with Crippen LogP contribution in [0.15, 0.2) is 0 Å². The molecule has 0 amide bonds. The highest BCUT2D eigenvalue weighted by molar-refractivity contribution is 14.1. The second-order valence-corrected chi connectivity index (χ2v) is 5.45. The second kappa shape index (κ2) is 5.33. The molecule has 0 aromatic rings. The Labute approximate surface area is 99.9 Å². The third kappa shape index (κ3) is 3.41. The third-order valence-electron chi connectivity index (χ3n) is 2.71. The number of esters is 1. The van der Waals surface area contributed by atoms with Crippen molar-refractivity contribution < 1.29 is 9.53 Å². The van der Waals surface area contributed by atoms with E-state index in [0.717, 1.165) is 17.3 Å². The van der Waals surface area contributed by atoms with E-state index in [1.807, 2.05) is 13.8 Å². The molecule has 0 aromatic carbocycles. The second-order valence-electron chi connectivity index (χ2n) is 4.68. The summed E-state index contributed by atoms with van der Waals surface area (Å²) in [5.41, 5.74) is -0.321. The predicted octanol–water partition coefficient (Wildman–Crippen LogP) is 3.32. The van der Waals surface area contributed by atoms with E-state index < -0.39 is 0 Å². The van der Waals surface area contributed by atoms with Crippen molar-refractivity contribution >= 4 is 28.6 Å². The van der Waals surface area contributed by atoms with Crippen molar-refractivity contribution in [2.75, 3.05) is 4.43 Å². The Bertz CT molecular complexity index is 195. The first-order chi connectivity index (χ1) is 6.56. The summed E-state index contributed by atoms with van der Waals surface area (Å²) in [7, 11) is 0. The molecule has 2 nitrogen and oxygen atoms in total. The van der Waals surface area contributed by atoms with Crippen molar-refractivity contribution in [2.24, 2.45) is 5.41 Å². The lowest BCUT2D eigenvalue weighted by Crippen LogP contribution is -2.32. The van der Waals surface area contributed by atoms with E-state index in [-0.39, 0.29) is 17.5 Å². The van der Waals surface area contributed by atoms with Gasteiger partial charge in [-0.1, -0.05) is 29.0 Å². The van der Waals surface area contributed by atoms with E-state index in [1.54, 1.807) is 0 Å². The Balaban J connectivity index is 2.39. The molecule has 0 aromatic heterocycles. The lowest BCUT2D eigenvalue weighted by molar-refractivity contribution is -0.159. The summed E-state index contributed by atoms with van der Waals surface area (Å²) in [6, 6.07) is 0. The van der Waals surface area contributed by atoms with Crippen molar-refractivity contribution in [3.05, 3.63) is 0 Å². The topological polar surface area (TPSA) is 26.3 Å². The van der Waals surface area contributed by atoms with Crippen LogP contribution < -0.4 is 0 Å². The summed E-state index contributed by atoms with van der Waals surface area (Å²) in [5, 5.41) is 0. The number of hydrogen-bond acceptors (Lipinski definition) is 2. The molecule has 1 aliphatic carbocycles. The van der Waals surface area contributed by atoms with Gasteiger partial charge in [0.2, 0.25) is 0 Å². The van der Waals surface area contributed by atoms with Crippen LogP contribution in [0.1, 0.15) is 46.0 Å². The number of carbonyl (C=O) groups excluding carboxylic acids is 1. The lowest BCUT2D eigenvalue weighted by Gasteiger charge is -2.27. The van der Waals surface area contributed by atoms with Gasteiger partial charge in [-0.2, -0.15) is 0 Å². The van der Waals surface area contributed by atoms with E-state index in [9.17, 15) is 4.79 Å². The summed E-state index contributed by atoms with van der Waals surface area (Å²) in [4.78, 5) is 11.7. The molecular weight excluding hydrogens is 291 g/mol. The van der Waals surface area contributed by atoms with Gasteiger partial charge < -0.3 is 4.74 Å². The van der Waals surface area contributed by atoms with Crippen molar-refractivity contribution in [2.45, 2.75) is 52.1 Å². The quantitative estimate of drug-likeness (QED) is 0.454. The van der Waals surface area contributed by atoms with Crippen molar-refractivity contribution in [1.82, 2.24) is 0 Å². The molecule has 0 spiro atoms. The van der Waals surface area contributed by atoms with Crippen LogP contribution in [0.3, 0.4) is 0 Å². The van der Waals surface area contributed by atoms with Gasteiger partial charge in [0, 0.05) is 4.43 Å². The molecule has 82 valence electrons. The van der Waals surface area contributed by atoms with Gasteiger partial charge in [-0.3, -0.25) is 4.79 Å². The van der Waals surface area contributed by atoms with Crippen LogP contribution in [0.2, 0.25) is 0 Å². The third-order valence-corrected chi connectivity index (χ3v) is 4.62. The Kier molecular flexibility index (Phi) is 4.67. The first-order valence-electron chi connectivity index (χ1n) is 5.33. The smallest absolute Gasteiger partial charge is 0.312 e. The molecule has 3 heteroatoms. The van der Waals surface area contributed by atoms with E-state index in [4.69, 9.17) is 4.74 Å². The normalized spacial score (nSPS) is 19.4. The minimum Gasteiger partial charge on any atom is -0.462 e. The standard InChI is InChI=1S/C11H19IO2/c1-11(2,8-12)10(13)14-9-6-4-3-5-7-9/h9H,3-8H2,1-2H3. The molecule has 0 radical (unpaired) electrons. The number of rotatable bonds is 3. The van der Waals surface area contributed by atoms with E-state index in [2.05, 4.69) is 22.6 Å². The maximum absolute atomic E-state index is 11.7. The van der Waals surface area contributed by atoms with Gasteiger partial charge >= 0.3 is 5.97 Å². The van der Waals surface area contributed by atoms with E-state index in [0.29, 0.717) is 0 Å². The highest BCUT2D eigenvalue weighted by Crippen LogP contribution is 2.25. The molecule has 1 saturated carbocycles. The van der Waals surface area contributed by atoms with Crippen molar-refractivity contribution in [3.8, 4) is 0 Å². The van der Waals surface area contributed by atoms with E-state index >= 15 is 0 Å². The first-order valence-corrected chi connectivity index (χ1v) is 6.86. The van der Waals surface area contributed by atoms with Gasteiger partial charge in [0.15, 0.2) is 0 Å². The van der Waals surface area contributed by atoms with Gasteiger partial charge in [-0.05, 0) is 39.5 Å².